The van der Waals surface area contributed by atoms with Gasteiger partial charge in [0.1, 0.15) is 5.56 Å². The Bertz CT molecular complexity index is 1470. The molecular formula is C34H42N6O3. The predicted molar refractivity (Wildman–Crippen MR) is 168 cm³/mol. The maximum Gasteiger partial charge on any atom is 0.257 e. The van der Waals surface area contributed by atoms with E-state index in [1.807, 2.05) is 49.4 Å². The number of hydrogen-bond donors (Lipinski definition) is 1. The SMILES string of the molecule is Cc1cc[n+]([O-])c(C)c1C(=O)NCCC(C)N1CCC(N(Cc2cccc(C#N)c2)c2ccc(C(=O)N(C)C)cc2)CC1. The third-order valence-electron chi connectivity index (χ3n) is 8.45. The van der Waals surface area contributed by atoms with E-state index in [1.165, 1.54) is 6.20 Å². The van der Waals surface area contributed by atoms with Crippen LogP contribution >= 0.6 is 0 Å². The summed E-state index contributed by atoms with van der Waals surface area (Å²) in [6.45, 7) is 8.77. The molecule has 2 amide bonds. The summed E-state index contributed by atoms with van der Waals surface area (Å²) < 4.78 is 0.732. The summed E-state index contributed by atoms with van der Waals surface area (Å²) in [7, 11) is 3.50. The van der Waals surface area contributed by atoms with Crippen molar-refractivity contribution in [2.45, 2.75) is 58.7 Å². The summed E-state index contributed by atoms with van der Waals surface area (Å²) >= 11 is 0. The zero-order valence-corrected chi connectivity index (χ0v) is 25.8. The molecule has 0 saturated carbocycles. The first-order valence-electron chi connectivity index (χ1n) is 14.9. The van der Waals surface area contributed by atoms with Crippen LogP contribution in [0.3, 0.4) is 0 Å². The summed E-state index contributed by atoms with van der Waals surface area (Å²) in [5.74, 6) is -0.234. The number of likely N-dealkylation sites (tertiary alicyclic amines) is 1. The zero-order chi connectivity index (χ0) is 31.1. The monoisotopic (exact) mass is 582 g/mol. The molecule has 0 radical (unpaired) electrons. The van der Waals surface area contributed by atoms with E-state index in [1.54, 1.807) is 32.0 Å². The van der Waals surface area contributed by atoms with E-state index in [0.717, 1.165) is 53.9 Å². The lowest BCUT2D eigenvalue weighted by Gasteiger charge is -2.42. The summed E-state index contributed by atoms with van der Waals surface area (Å²) in [6, 6.07) is 20.1. The number of rotatable bonds is 10. The van der Waals surface area contributed by atoms with Gasteiger partial charge in [-0.2, -0.15) is 9.99 Å². The Morgan fingerprint density at radius 2 is 1.81 bits per heavy atom. The minimum absolute atomic E-state index is 0.0265. The van der Waals surface area contributed by atoms with Crippen LogP contribution in [0.15, 0.2) is 60.8 Å². The molecule has 2 aromatic carbocycles. The van der Waals surface area contributed by atoms with Crippen molar-refractivity contribution in [3.05, 3.63) is 99.5 Å². The molecule has 1 aromatic heterocycles. The Labute approximate surface area is 254 Å². The van der Waals surface area contributed by atoms with Gasteiger partial charge in [-0.25, -0.2) is 0 Å². The quantitative estimate of drug-likeness (QED) is 0.284. The van der Waals surface area contributed by atoms with Crippen molar-refractivity contribution < 1.29 is 14.3 Å². The van der Waals surface area contributed by atoms with E-state index in [2.05, 4.69) is 34.2 Å². The molecule has 9 heteroatoms. The Kier molecular flexibility index (Phi) is 10.4. The Balaban J connectivity index is 1.39. The molecule has 4 rings (SSSR count). The topological polar surface area (TPSA) is 107 Å². The minimum Gasteiger partial charge on any atom is -0.618 e. The van der Waals surface area contributed by atoms with Crippen molar-refractivity contribution in [2.75, 3.05) is 38.6 Å². The fourth-order valence-corrected chi connectivity index (χ4v) is 5.84. The van der Waals surface area contributed by atoms with Gasteiger partial charge in [-0.15, -0.1) is 0 Å². The van der Waals surface area contributed by atoms with E-state index >= 15 is 0 Å². The molecule has 226 valence electrons. The van der Waals surface area contributed by atoms with E-state index in [9.17, 15) is 20.1 Å². The first-order valence-corrected chi connectivity index (χ1v) is 14.9. The molecule has 43 heavy (non-hydrogen) atoms. The lowest BCUT2D eigenvalue weighted by molar-refractivity contribution is -0.612. The molecule has 0 aliphatic carbocycles. The number of nitrogens with zero attached hydrogens (tertiary/aromatic N) is 5. The standard InChI is InChI=1S/C34H42N6O3/c1-24-14-20-40(43)26(3)32(24)33(41)36-17-13-25(2)38-18-15-31(16-19-38)39(23-28-8-6-7-27(21-28)22-35)30-11-9-29(10-12-30)34(42)37(4)5/h6-12,14,20-21,25,31H,13,15-19,23H2,1-5H3,(H,36,41). The van der Waals surface area contributed by atoms with Gasteiger partial charge in [0.05, 0.1) is 11.6 Å². The summed E-state index contributed by atoms with van der Waals surface area (Å²) in [6.07, 6.45) is 4.18. The Morgan fingerprint density at radius 3 is 2.47 bits per heavy atom. The Hall–Kier alpha value is -4.42. The molecule has 1 saturated heterocycles. The highest BCUT2D eigenvalue weighted by Gasteiger charge is 2.28. The number of carbonyl (C=O) groups excluding carboxylic acids is 2. The first kappa shape index (κ1) is 31.5. The predicted octanol–water partition coefficient (Wildman–Crippen LogP) is 4.19. The largest absolute Gasteiger partial charge is 0.618 e. The van der Waals surface area contributed by atoms with Crippen molar-refractivity contribution in [2.24, 2.45) is 0 Å². The molecule has 9 nitrogen and oxygen atoms in total. The highest BCUT2D eigenvalue weighted by molar-refractivity contribution is 5.96. The lowest BCUT2D eigenvalue weighted by Crippen LogP contribution is -2.48. The number of carbonyl (C=O) groups is 2. The third kappa shape index (κ3) is 7.70. The van der Waals surface area contributed by atoms with Crippen LogP contribution in [0.2, 0.25) is 0 Å². The summed E-state index contributed by atoms with van der Waals surface area (Å²) in [5.41, 5.74) is 5.08. The van der Waals surface area contributed by atoms with Crippen LogP contribution in [0.1, 0.15) is 69.3 Å². The van der Waals surface area contributed by atoms with Gasteiger partial charge < -0.3 is 25.2 Å². The van der Waals surface area contributed by atoms with Crippen molar-refractivity contribution in [1.29, 1.82) is 5.26 Å². The molecule has 1 aliphatic rings. The number of aryl methyl sites for hydroxylation is 1. The van der Waals surface area contributed by atoms with Crippen molar-refractivity contribution >= 4 is 17.5 Å². The van der Waals surface area contributed by atoms with Crippen LogP contribution in [0, 0.1) is 30.4 Å². The third-order valence-corrected chi connectivity index (χ3v) is 8.45. The fourth-order valence-electron chi connectivity index (χ4n) is 5.84. The number of hydrogen-bond acceptors (Lipinski definition) is 6. The molecule has 1 aliphatic heterocycles. The van der Waals surface area contributed by atoms with Crippen LogP contribution in [-0.4, -0.2) is 67.4 Å². The van der Waals surface area contributed by atoms with Gasteiger partial charge in [0.2, 0.25) is 5.69 Å². The second kappa shape index (κ2) is 14.2. The van der Waals surface area contributed by atoms with Crippen LogP contribution < -0.4 is 14.9 Å². The van der Waals surface area contributed by atoms with E-state index < -0.39 is 0 Å². The van der Waals surface area contributed by atoms with Crippen LogP contribution in [0.5, 0.6) is 0 Å². The molecular weight excluding hydrogens is 540 g/mol. The zero-order valence-electron chi connectivity index (χ0n) is 25.8. The van der Waals surface area contributed by atoms with E-state index in [4.69, 9.17) is 0 Å². The second-order valence-corrected chi connectivity index (χ2v) is 11.6. The summed E-state index contributed by atoms with van der Waals surface area (Å²) in [5, 5.41) is 24.4. The van der Waals surface area contributed by atoms with Crippen molar-refractivity contribution in [3.63, 3.8) is 0 Å². The summed E-state index contributed by atoms with van der Waals surface area (Å²) in [4.78, 5) is 31.7. The number of nitriles is 1. The van der Waals surface area contributed by atoms with E-state index in [-0.39, 0.29) is 11.8 Å². The van der Waals surface area contributed by atoms with Crippen molar-refractivity contribution in [1.82, 2.24) is 15.1 Å². The molecule has 1 atom stereocenters. The number of piperidine rings is 1. The maximum absolute atomic E-state index is 12.8. The van der Waals surface area contributed by atoms with Gasteiger partial charge in [-0.3, -0.25) is 9.59 Å². The average molecular weight is 583 g/mol. The first-order chi connectivity index (χ1) is 20.6. The number of pyridine rings is 1. The number of anilines is 1. The van der Waals surface area contributed by atoms with Crippen LogP contribution in [0.25, 0.3) is 0 Å². The highest BCUT2D eigenvalue weighted by Crippen LogP contribution is 2.28. The normalized spacial score (nSPS) is 14.5. The van der Waals surface area contributed by atoms with Gasteiger partial charge in [0, 0.05) is 76.6 Å². The van der Waals surface area contributed by atoms with Crippen LogP contribution in [-0.2, 0) is 6.54 Å². The Morgan fingerprint density at radius 1 is 1.12 bits per heavy atom. The average Bonchev–Trinajstić information content (AvgIpc) is 3.01. The number of amides is 2. The number of aromatic nitrogens is 1. The van der Waals surface area contributed by atoms with Gasteiger partial charge in [-0.05, 0) is 80.6 Å². The van der Waals surface area contributed by atoms with Gasteiger partial charge in [0.25, 0.3) is 11.8 Å². The maximum atomic E-state index is 12.8. The van der Waals surface area contributed by atoms with Crippen LogP contribution in [0.4, 0.5) is 5.69 Å². The highest BCUT2D eigenvalue weighted by atomic mass is 16.5. The lowest BCUT2D eigenvalue weighted by atomic mass is 9.98. The molecule has 0 bridgehead atoms. The van der Waals surface area contributed by atoms with Gasteiger partial charge in [0.15, 0.2) is 6.20 Å². The number of nitrogens with one attached hydrogen (secondary N) is 1. The molecule has 1 N–H and O–H groups in total. The van der Waals surface area contributed by atoms with Gasteiger partial charge in [-0.1, -0.05) is 12.1 Å². The van der Waals surface area contributed by atoms with Crippen molar-refractivity contribution in [3.8, 4) is 6.07 Å². The minimum atomic E-state index is -0.208. The second-order valence-electron chi connectivity index (χ2n) is 11.6. The molecule has 1 fully saturated rings. The molecule has 1 unspecified atom stereocenters. The molecule has 2 heterocycles. The fraction of sp³-hybridized carbons (Fsp3) is 0.412. The number of benzene rings is 2. The smallest absolute Gasteiger partial charge is 0.257 e. The van der Waals surface area contributed by atoms with Gasteiger partial charge >= 0.3 is 0 Å². The van der Waals surface area contributed by atoms with E-state index in [0.29, 0.717) is 47.6 Å². The molecule has 0 spiro atoms. The molecule has 3 aromatic rings.